The minimum Gasteiger partial charge on any atom is -0.493 e. The van der Waals surface area contributed by atoms with Crippen LogP contribution in [0.3, 0.4) is 0 Å². The minimum absolute atomic E-state index is 0.147. The van der Waals surface area contributed by atoms with E-state index in [9.17, 15) is 4.79 Å². The third-order valence-electron chi connectivity index (χ3n) is 2.70. The molecule has 0 saturated carbocycles. The van der Waals surface area contributed by atoms with Gasteiger partial charge in [0.15, 0.2) is 11.4 Å². The molecular weight excluding hydrogens is 338 g/mol. The van der Waals surface area contributed by atoms with Crippen molar-refractivity contribution in [1.29, 1.82) is 0 Å². The molecule has 0 saturated heterocycles. The topological polar surface area (TPSA) is 102 Å². The summed E-state index contributed by atoms with van der Waals surface area (Å²) in [5.41, 5.74) is 6.90. The lowest BCUT2D eigenvalue weighted by atomic mass is 10.2. The summed E-state index contributed by atoms with van der Waals surface area (Å²) in [5.74, 6) is 0.453. The molecule has 0 aliphatic rings. The number of methoxy groups -OCH3 is 1. The van der Waals surface area contributed by atoms with Crippen LogP contribution in [0.1, 0.15) is 10.5 Å². The van der Waals surface area contributed by atoms with Crippen LogP contribution >= 0.6 is 15.9 Å². The average molecular weight is 352 g/mol. The monoisotopic (exact) mass is 351 g/mol. The van der Waals surface area contributed by atoms with Crippen LogP contribution in [0.2, 0.25) is 0 Å². The van der Waals surface area contributed by atoms with Gasteiger partial charge in [0, 0.05) is 13.1 Å². The van der Waals surface area contributed by atoms with Crippen LogP contribution < -0.4 is 21.1 Å². The van der Waals surface area contributed by atoms with Gasteiger partial charge >= 0.3 is 0 Å². The molecule has 0 spiro atoms. The Hall–Kier alpha value is -2.35. The van der Waals surface area contributed by atoms with Gasteiger partial charge in [0.2, 0.25) is 0 Å². The summed E-state index contributed by atoms with van der Waals surface area (Å²) in [6.07, 6.45) is 0. The summed E-state index contributed by atoms with van der Waals surface area (Å²) in [4.78, 5) is 11.8. The van der Waals surface area contributed by atoms with Crippen molar-refractivity contribution < 1.29 is 9.53 Å². The van der Waals surface area contributed by atoms with Crippen LogP contribution in [0.4, 0.5) is 17.2 Å². The summed E-state index contributed by atoms with van der Waals surface area (Å²) in [7, 11) is 3.08. The molecule has 1 heterocycles. The van der Waals surface area contributed by atoms with Crippen molar-refractivity contribution >= 4 is 39.0 Å². The molecule has 4 N–H and O–H groups in total. The molecule has 7 nitrogen and oxygen atoms in total. The van der Waals surface area contributed by atoms with Gasteiger partial charge in [0.05, 0.1) is 23.0 Å². The fraction of sp³-hybridized carbons (Fsp3) is 0.154. The van der Waals surface area contributed by atoms with Gasteiger partial charge in [0.1, 0.15) is 5.82 Å². The molecule has 110 valence electrons. The van der Waals surface area contributed by atoms with Crippen molar-refractivity contribution in [3.63, 3.8) is 0 Å². The highest BCUT2D eigenvalue weighted by atomic mass is 79.9. The second-order valence-corrected chi connectivity index (χ2v) is 4.91. The van der Waals surface area contributed by atoms with Gasteiger partial charge in [0.25, 0.3) is 5.91 Å². The van der Waals surface area contributed by atoms with Gasteiger partial charge in [-0.2, -0.15) is 0 Å². The van der Waals surface area contributed by atoms with Crippen LogP contribution in [0.5, 0.6) is 5.75 Å². The van der Waals surface area contributed by atoms with Crippen LogP contribution in [-0.2, 0) is 0 Å². The van der Waals surface area contributed by atoms with Gasteiger partial charge in [-0.05, 0) is 28.1 Å². The number of carbonyl (C=O) groups is 1. The maximum absolute atomic E-state index is 11.8. The van der Waals surface area contributed by atoms with E-state index >= 15 is 0 Å². The molecule has 0 aliphatic carbocycles. The molecule has 0 unspecified atom stereocenters. The maximum atomic E-state index is 11.8. The van der Waals surface area contributed by atoms with E-state index in [0.717, 1.165) is 4.47 Å². The Morgan fingerprint density at radius 1 is 1.33 bits per heavy atom. The van der Waals surface area contributed by atoms with Crippen LogP contribution in [0.15, 0.2) is 28.7 Å². The Morgan fingerprint density at radius 2 is 2.10 bits per heavy atom. The highest BCUT2D eigenvalue weighted by molar-refractivity contribution is 9.10. The van der Waals surface area contributed by atoms with Crippen molar-refractivity contribution in [2.45, 2.75) is 0 Å². The highest BCUT2D eigenvalue weighted by Crippen LogP contribution is 2.35. The van der Waals surface area contributed by atoms with E-state index < -0.39 is 0 Å². The molecule has 2 aromatic rings. The molecule has 2 rings (SSSR count). The molecular formula is C13H14BrN5O2. The first-order valence-electron chi connectivity index (χ1n) is 6.01. The maximum Gasteiger partial charge on any atom is 0.273 e. The molecule has 0 atom stereocenters. The SMILES string of the molecule is CNC(=O)c1nnc(N)cc1Nc1cccc(Br)c1OC. The number of para-hydroxylation sites is 1. The lowest BCUT2D eigenvalue weighted by Gasteiger charge is -2.14. The predicted molar refractivity (Wildman–Crippen MR) is 83.8 cm³/mol. The average Bonchev–Trinajstić information content (AvgIpc) is 2.47. The molecule has 1 aromatic carbocycles. The van der Waals surface area contributed by atoms with Gasteiger partial charge < -0.3 is 21.1 Å². The first-order chi connectivity index (χ1) is 10.1. The Kier molecular flexibility index (Phi) is 4.59. The fourth-order valence-corrected chi connectivity index (χ4v) is 2.28. The second kappa shape index (κ2) is 6.40. The Morgan fingerprint density at radius 3 is 2.76 bits per heavy atom. The predicted octanol–water partition coefficient (Wildman–Crippen LogP) is 1.93. The minimum atomic E-state index is -0.362. The van der Waals surface area contributed by atoms with Crippen molar-refractivity contribution in [3.05, 3.63) is 34.4 Å². The number of nitrogens with one attached hydrogen (secondary N) is 2. The molecule has 0 aliphatic heterocycles. The van der Waals surface area contributed by atoms with Crippen molar-refractivity contribution in [1.82, 2.24) is 15.5 Å². The van der Waals surface area contributed by atoms with Gasteiger partial charge in [-0.1, -0.05) is 6.07 Å². The third kappa shape index (κ3) is 3.22. The van der Waals surface area contributed by atoms with E-state index in [-0.39, 0.29) is 17.4 Å². The normalized spacial score (nSPS) is 10.0. The summed E-state index contributed by atoms with van der Waals surface area (Å²) in [6.45, 7) is 0. The highest BCUT2D eigenvalue weighted by Gasteiger charge is 2.15. The number of benzene rings is 1. The molecule has 21 heavy (non-hydrogen) atoms. The lowest BCUT2D eigenvalue weighted by Crippen LogP contribution is -2.21. The number of aromatic nitrogens is 2. The van der Waals surface area contributed by atoms with Gasteiger partial charge in [-0.3, -0.25) is 4.79 Å². The zero-order valence-corrected chi connectivity index (χ0v) is 13.1. The smallest absolute Gasteiger partial charge is 0.273 e. The fourth-order valence-electron chi connectivity index (χ4n) is 1.75. The number of amides is 1. The number of nitrogens with zero attached hydrogens (tertiary/aromatic N) is 2. The van der Waals surface area contributed by atoms with Crippen LogP contribution in [-0.4, -0.2) is 30.3 Å². The number of carbonyl (C=O) groups excluding carboxylic acids is 1. The third-order valence-corrected chi connectivity index (χ3v) is 3.32. The van der Waals surface area contributed by atoms with Gasteiger partial charge in [-0.25, -0.2) is 0 Å². The van der Waals surface area contributed by atoms with E-state index in [0.29, 0.717) is 17.1 Å². The summed E-state index contributed by atoms with van der Waals surface area (Å²) in [5, 5.41) is 13.1. The Labute approximate surface area is 130 Å². The number of nitrogens with two attached hydrogens (primary N) is 1. The first-order valence-corrected chi connectivity index (χ1v) is 6.81. The summed E-state index contributed by atoms with van der Waals surface area (Å²) >= 11 is 3.40. The number of hydrogen-bond acceptors (Lipinski definition) is 6. The zero-order chi connectivity index (χ0) is 15.4. The second-order valence-electron chi connectivity index (χ2n) is 4.06. The Balaban J connectivity index is 2.46. The zero-order valence-electron chi connectivity index (χ0n) is 11.5. The summed E-state index contributed by atoms with van der Waals surface area (Å²) in [6, 6.07) is 7.04. The first kappa shape index (κ1) is 15.0. The van der Waals surface area contributed by atoms with Crippen molar-refractivity contribution in [2.24, 2.45) is 0 Å². The van der Waals surface area contributed by atoms with E-state index in [1.807, 2.05) is 18.2 Å². The van der Waals surface area contributed by atoms with Crippen LogP contribution in [0.25, 0.3) is 0 Å². The number of rotatable bonds is 4. The molecule has 8 heteroatoms. The molecule has 0 radical (unpaired) electrons. The molecule has 1 aromatic heterocycles. The molecule has 1 amide bonds. The number of halogens is 1. The van der Waals surface area contributed by atoms with E-state index in [1.54, 1.807) is 7.11 Å². The van der Waals surface area contributed by atoms with E-state index in [1.165, 1.54) is 13.1 Å². The molecule has 0 bridgehead atoms. The number of anilines is 3. The largest absolute Gasteiger partial charge is 0.493 e. The quantitative estimate of drug-likeness (QED) is 0.777. The lowest BCUT2D eigenvalue weighted by molar-refractivity contribution is 0.0958. The molecule has 0 fully saturated rings. The van der Waals surface area contributed by atoms with Crippen molar-refractivity contribution in [2.75, 3.05) is 25.2 Å². The number of ether oxygens (including phenoxy) is 1. The van der Waals surface area contributed by atoms with Crippen LogP contribution in [0, 0.1) is 0 Å². The number of nitrogen functional groups attached to an aromatic ring is 1. The Bertz CT molecular complexity index is 678. The number of hydrogen-bond donors (Lipinski definition) is 3. The summed E-state index contributed by atoms with van der Waals surface area (Å²) < 4.78 is 6.11. The standard InChI is InChI=1S/C13H14BrN5O2/c1-16-13(20)11-9(6-10(15)18-19-11)17-8-5-3-4-7(14)12(8)21-2/h3-6H,1-2H3,(H,16,20)(H3,15,17,18). The van der Waals surface area contributed by atoms with Gasteiger partial charge in [-0.15, -0.1) is 10.2 Å². The van der Waals surface area contributed by atoms with Crippen molar-refractivity contribution in [3.8, 4) is 5.75 Å². The van der Waals surface area contributed by atoms with E-state index in [4.69, 9.17) is 10.5 Å². The van der Waals surface area contributed by atoms with E-state index in [2.05, 4.69) is 36.8 Å².